The standard InChI is InChI=1S/C61H108O7/c1-8-10-11-12-13-14-15-16-17-18-19-20-21-22-23-24-25-26-27-28-29-30-31-32-55(62)66-44-54-56(63)57(64)58(65)59(68-54)67-49-39-41-60(6)48(43-49)35-36-50-52-38-37-51(61(52,7)42-40-53(50)60)46(5)33-34-47(9-2)45(3)4/h18-19,35,45-47,49-54,56-59,63-65H,8-17,20-34,36-44H2,1-7H3/b19-18-. The molecule has 1 saturated heterocycles. The van der Waals surface area contributed by atoms with E-state index in [-0.39, 0.29) is 24.1 Å². The van der Waals surface area contributed by atoms with E-state index in [9.17, 15) is 20.1 Å². The lowest BCUT2D eigenvalue weighted by molar-refractivity contribution is -0.313. The molecule has 5 aliphatic rings. The molecular formula is C61H108O7. The predicted octanol–water partition coefficient (Wildman–Crippen LogP) is 15.6. The number of carbonyl (C=O) groups excluding carboxylic acids is 1. The Morgan fingerprint density at radius 3 is 1.93 bits per heavy atom. The Bertz CT molecular complexity index is 1460. The first-order valence-corrected chi connectivity index (χ1v) is 29.7. The maximum absolute atomic E-state index is 12.7. The number of fused-ring (bicyclic) bond motifs is 5. The van der Waals surface area contributed by atoms with Gasteiger partial charge in [-0.3, -0.25) is 4.79 Å². The number of rotatable bonds is 33. The fourth-order valence-electron chi connectivity index (χ4n) is 14.8. The van der Waals surface area contributed by atoms with E-state index in [1.807, 2.05) is 0 Å². The first-order valence-electron chi connectivity index (χ1n) is 29.7. The SMILES string of the molecule is CCCCCCCCCC/C=C\CCCCCCCCCCCCCC(=O)OCC1OC(OC2CCC3(C)C(=CCC4C3CCC3(C)C(C(C)CCC(CC)C(C)C)CCC43)C2)C(O)C(O)C1O. The topological polar surface area (TPSA) is 105 Å². The molecule has 0 amide bonds. The van der Waals surface area contributed by atoms with Crippen molar-refractivity contribution in [3.63, 3.8) is 0 Å². The number of hydrogen-bond donors (Lipinski definition) is 3. The van der Waals surface area contributed by atoms with Crippen LogP contribution in [0.25, 0.3) is 0 Å². The summed E-state index contributed by atoms with van der Waals surface area (Å²) in [5.41, 5.74) is 2.12. The molecule has 0 spiro atoms. The van der Waals surface area contributed by atoms with E-state index in [1.54, 1.807) is 0 Å². The smallest absolute Gasteiger partial charge is 0.305 e. The lowest BCUT2D eigenvalue weighted by atomic mass is 9.47. The Kier molecular flexibility index (Phi) is 25.5. The van der Waals surface area contributed by atoms with Crippen molar-refractivity contribution in [2.24, 2.45) is 52.3 Å². The van der Waals surface area contributed by atoms with E-state index in [0.717, 1.165) is 80.5 Å². The Labute approximate surface area is 418 Å². The second kappa shape index (κ2) is 30.1. The number of aliphatic hydroxyl groups excluding tert-OH is 3. The van der Waals surface area contributed by atoms with Crippen LogP contribution in [0.15, 0.2) is 23.8 Å². The highest BCUT2D eigenvalue weighted by molar-refractivity contribution is 5.69. The van der Waals surface area contributed by atoms with E-state index in [4.69, 9.17) is 14.2 Å². The lowest BCUT2D eigenvalue weighted by Gasteiger charge is -2.58. The van der Waals surface area contributed by atoms with E-state index < -0.39 is 30.7 Å². The Morgan fingerprint density at radius 1 is 0.721 bits per heavy atom. The van der Waals surface area contributed by atoms with Gasteiger partial charge in [0.2, 0.25) is 0 Å². The molecule has 68 heavy (non-hydrogen) atoms. The molecule has 14 unspecified atom stereocenters. The van der Waals surface area contributed by atoms with Crippen LogP contribution in [0.4, 0.5) is 0 Å². The average Bonchev–Trinajstić information content (AvgIpc) is 3.69. The zero-order chi connectivity index (χ0) is 48.9. The van der Waals surface area contributed by atoms with Crippen LogP contribution in [0.1, 0.15) is 260 Å². The second-order valence-corrected chi connectivity index (χ2v) is 24.3. The molecule has 14 atom stereocenters. The predicted molar refractivity (Wildman–Crippen MR) is 281 cm³/mol. The third-order valence-electron chi connectivity index (χ3n) is 19.3. The highest BCUT2D eigenvalue weighted by Crippen LogP contribution is 2.67. The molecule has 4 aliphatic carbocycles. The molecular weight excluding hydrogens is 845 g/mol. The first-order chi connectivity index (χ1) is 32.8. The van der Waals surface area contributed by atoms with Crippen LogP contribution in [-0.2, 0) is 19.0 Å². The second-order valence-electron chi connectivity index (χ2n) is 24.3. The summed E-state index contributed by atoms with van der Waals surface area (Å²) in [4.78, 5) is 12.7. The highest BCUT2D eigenvalue weighted by atomic mass is 16.7. The summed E-state index contributed by atoms with van der Waals surface area (Å²) in [6.45, 7) is 17.1. The van der Waals surface area contributed by atoms with Crippen molar-refractivity contribution in [3.8, 4) is 0 Å². The van der Waals surface area contributed by atoms with E-state index in [1.165, 1.54) is 166 Å². The fraction of sp³-hybridized carbons (Fsp3) is 0.918. The first kappa shape index (κ1) is 57.6. The van der Waals surface area contributed by atoms with Gasteiger partial charge in [-0.25, -0.2) is 0 Å². The quantitative estimate of drug-likeness (QED) is 0.0342. The van der Waals surface area contributed by atoms with Gasteiger partial charge in [0, 0.05) is 6.42 Å². The number of ether oxygens (including phenoxy) is 3. The molecule has 0 bridgehead atoms. The van der Waals surface area contributed by atoms with Crippen molar-refractivity contribution in [2.75, 3.05) is 6.61 Å². The van der Waals surface area contributed by atoms with Gasteiger partial charge in [-0.2, -0.15) is 0 Å². The largest absolute Gasteiger partial charge is 0.463 e. The molecule has 5 rings (SSSR count). The van der Waals surface area contributed by atoms with Crippen LogP contribution < -0.4 is 0 Å². The van der Waals surface area contributed by atoms with Gasteiger partial charge in [0.15, 0.2) is 6.29 Å². The van der Waals surface area contributed by atoms with Gasteiger partial charge in [0.05, 0.1) is 6.10 Å². The molecule has 0 radical (unpaired) electrons. The van der Waals surface area contributed by atoms with Crippen LogP contribution in [0.3, 0.4) is 0 Å². The van der Waals surface area contributed by atoms with Crippen molar-refractivity contribution >= 4 is 5.97 Å². The molecule has 3 N–H and O–H groups in total. The summed E-state index contributed by atoms with van der Waals surface area (Å²) < 4.78 is 18.1. The number of aliphatic hydroxyl groups is 3. The van der Waals surface area contributed by atoms with Gasteiger partial charge < -0.3 is 29.5 Å². The monoisotopic (exact) mass is 953 g/mol. The van der Waals surface area contributed by atoms with E-state index in [2.05, 4.69) is 66.7 Å². The molecule has 0 aromatic carbocycles. The molecule has 0 aromatic rings. The van der Waals surface area contributed by atoms with E-state index >= 15 is 0 Å². The average molecular weight is 954 g/mol. The fourth-order valence-corrected chi connectivity index (χ4v) is 14.8. The highest BCUT2D eigenvalue weighted by Gasteiger charge is 2.59. The maximum atomic E-state index is 12.7. The minimum absolute atomic E-state index is 0.142. The van der Waals surface area contributed by atoms with Crippen molar-refractivity contribution in [3.05, 3.63) is 23.8 Å². The lowest BCUT2D eigenvalue weighted by Crippen LogP contribution is -2.60. The normalized spacial score (nSPS) is 33.5. The van der Waals surface area contributed by atoms with Crippen LogP contribution in [0, 0.1) is 52.3 Å². The van der Waals surface area contributed by atoms with Crippen molar-refractivity contribution < 1.29 is 34.3 Å². The van der Waals surface area contributed by atoms with Gasteiger partial charge in [-0.15, -0.1) is 0 Å². The van der Waals surface area contributed by atoms with Crippen molar-refractivity contribution in [1.82, 2.24) is 0 Å². The Balaban J connectivity index is 0.919. The van der Waals surface area contributed by atoms with Crippen molar-refractivity contribution in [1.29, 1.82) is 0 Å². The number of hydrogen-bond acceptors (Lipinski definition) is 7. The molecule has 3 saturated carbocycles. The van der Waals surface area contributed by atoms with Gasteiger partial charge in [-0.1, -0.05) is 188 Å². The van der Waals surface area contributed by atoms with Crippen molar-refractivity contribution in [2.45, 2.75) is 297 Å². The summed E-state index contributed by atoms with van der Waals surface area (Å²) in [5, 5.41) is 32.7. The van der Waals surface area contributed by atoms with Crippen LogP contribution >= 0.6 is 0 Å². The Morgan fingerprint density at radius 2 is 1.32 bits per heavy atom. The Hall–Kier alpha value is -1.25. The third kappa shape index (κ3) is 16.6. The molecule has 0 aromatic heterocycles. The van der Waals surface area contributed by atoms with E-state index in [0.29, 0.717) is 17.8 Å². The summed E-state index contributed by atoms with van der Waals surface area (Å²) in [5.74, 6) is 5.22. The molecule has 4 fully saturated rings. The summed E-state index contributed by atoms with van der Waals surface area (Å²) in [6, 6.07) is 0. The zero-order valence-electron chi connectivity index (χ0n) is 45.3. The van der Waals surface area contributed by atoms with Crippen LogP contribution in [-0.4, -0.2) is 64.7 Å². The zero-order valence-corrected chi connectivity index (χ0v) is 45.3. The molecule has 1 aliphatic heterocycles. The maximum Gasteiger partial charge on any atom is 0.305 e. The summed E-state index contributed by atoms with van der Waals surface area (Å²) >= 11 is 0. The molecule has 7 heteroatoms. The molecule has 7 nitrogen and oxygen atoms in total. The minimum atomic E-state index is -1.44. The van der Waals surface area contributed by atoms with Gasteiger partial charge >= 0.3 is 5.97 Å². The van der Waals surface area contributed by atoms with Crippen LogP contribution in [0.2, 0.25) is 0 Å². The van der Waals surface area contributed by atoms with Gasteiger partial charge in [0.1, 0.15) is 31.0 Å². The van der Waals surface area contributed by atoms with Gasteiger partial charge in [-0.05, 0) is 142 Å². The number of unbranched alkanes of at least 4 members (excludes halogenated alkanes) is 19. The minimum Gasteiger partial charge on any atom is -0.463 e. The summed E-state index contributed by atoms with van der Waals surface area (Å²) in [6.07, 6.45) is 41.7. The number of esters is 1. The molecule has 1 heterocycles. The van der Waals surface area contributed by atoms with Gasteiger partial charge in [0.25, 0.3) is 0 Å². The molecule has 394 valence electrons. The number of allylic oxidation sites excluding steroid dienone is 3. The van der Waals surface area contributed by atoms with Crippen LogP contribution in [0.5, 0.6) is 0 Å². The number of carbonyl (C=O) groups is 1. The summed E-state index contributed by atoms with van der Waals surface area (Å²) in [7, 11) is 0. The third-order valence-corrected chi connectivity index (χ3v) is 19.3.